The molecule has 178 valence electrons. The number of amides is 1. The third-order valence-corrected chi connectivity index (χ3v) is 7.48. The summed E-state index contributed by atoms with van der Waals surface area (Å²) in [6.07, 6.45) is 7.55. The highest BCUT2D eigenvalue weighted by Gasteiger charge is 2.30. The molecule has 3 rings (SSSR count). The van der Waals surface area contributed by atoms with E-state index < -0.39 is 10.0 Å². The number of sulfonamides is 1. The number of carbonyl (C=O) groups is 1. The van der Waals surface area contributed by atoms with Gasteiger partial charge in [0.25, 0.3) is 10.0 Å². The molecule has 0 heterocycles. The Bertz CT molecular complexity index is 1090. The number of nitrogens with one attached hydrogen (secondary N) is 1. The Balaban J connectivity index is 1.88. The molecular weight excluding hydrogens is 440 g/mol. The molecule has 7 nitrogen and oxygen atoms in total. The van der Waals surface area contributed by atoms with Crippen LogP contribution >= 0.6 is 0 Å². The second-order valence-electron chi connectivity index (χ2n) is 8.07. The van der Waals surface area contributed by atoms with Crippen LogP contribution in [0.15, 0.2) is 59.0 Å². The van der Waals surface area contributed by atoms with Crippen LogP contribution in [0.1, 0.15) is 37.7 Å². The van der Waals surface area contributed by atoms with Crippen molar-refractivity contribution in [3.8, 4) is 11.5 Å². The Labute approximate surface area is 196 Å². The van der Waals surface area contributed by atoms with E-state index in [-0.39, 0.29) is 23.0 Å². The Morgan fingerprint density at radius 1 is 1.06 bits per heavy atom. The van der Waals surface area contributed by atoms with Gasteiger partial charge in [-0.15, -0.1) is 0 Å². The topological polar surface area (TPSA) is 84.9 Å². The predicted octanol–water partition coefficient (Wildman–Crippen LogP) is 4.21. The van der Waals surface area contributed by atoms with Gasteiger partial charge < -0.3 is 14.8 Å². The van der Waals surface area contributed by atoms with Crippen LogP contribution in [0.4, 0.5) is 5.69 Å². The van der Waals surface area contributed by atoms with Gasteiger partial charge in [0.15, 0.2) is 0 Å². The number of hydrogen-bond donors (Lipinski definition) is 1. The summed E-state index contributed by atoms with van der Waals surface area (Å²) >= 11 is 0. The first-order valence-corrected chi connectivity index (χ1v) is 12.5. The average Bonchev–Trinajstić information content (AvgIpc) is 2.83. The van der Waals surface area contributed by atoms with Crippen LogP contribution in [-0.4, -0.2) is 41.6 Å². The Morgan fingerprint density at radius 2 is 1.82 bits per heavy atom. The molecule has 1 N–H and O–H groups in total. The summed E-state index contributed by atoms with van der Waals surface area (Å²) in [5.74, 6) is 0.401. The molecule has 0 spiro atoms. The maximum atomic E-state index is 13.6. The van der Waals surface area contributed by atoms with Crippen molar-refractivity contribution in [1.29, 1.82) is 0 Å². The number of nitrogens with zero attached hydrogens (tertiary/aromatic N) is 1. The highest BCUT2D eigenvalue weighted by atomic mass is 32.2. The fraction of sp³-hybridized carbons (Fsp3) is 0.400. The van der Waals surface area contributed by atoms with Gasteiger partial charge in [0, 0.05) is 12.6 Å². The molecule has 0 bridgehead atoms. The molecule has 0 saturated heterocycles. The first-order chi connectivity index (χ1) is 15.8. The number of allylic oxidation sites excluding steroid dienone is 1. The van der Waals surface area contributed by atoms with Gasteiger partial charge in [-0.1, -0.05) is 29.3 Å². The molecule has 8 heteroatoms. The molecule has 0 unspecified atom stereocenters. The van der Waals surface area contributed by atoms with Gasteiger partial charge in [-0.05, 0) is 63.3 Å². The third kappa shape index (κ3) is 6.28. The fourth-order valence-electron chi connectivity index (χ4n) is 3.81. The van der Waals surface area contributed by atoms with Crippen LogP contribution in [0.3, 0.4) is 0 Å². The van der Waals surface area contributed by atoms with E-state index in [0.717, 1.165) is 29.1 Å². The summed E-state index contributed by atoms with van der Waals surface area (Å²) < 4.78 is 39.0. The standard InChI is InChI=1S/C25H32N2O5S/c1-19-9-12-22(13-10-19)33(29,30)27(23-17-21(31-2)11-14-24(23)32-3)18-25(28)26-16-15-20-7-5-4-6-8-20/h7,9-14,17H,4-6,8,15-16,18H2,1-3H3,(H,26,28). The van der Waals surface area contributed by atoms with Crippen molar-refractivity contribution in [2.75, 3.05) is 31.6 Å². The van der Waals surface area contributed by atoms with E-state index in [4.69, 9.17) is 9.47 Å². The molecule has 33 heavy (non-hydrogen) atoms. The van der Waals surface area contributed by atoms with Gasteiger partial charge in [-0.25, -0.2) is 8.42 Å². The summed E-state index contributed by atoms with van der Waals surface area (Å²) in [7, 11) is -1.09. The van der Waals surface area contributed by atoms with Crippen LogP contribution in [0, 0.1) is 6.92 Å². The summed E-state index contributed by atoms with van der Waals surface area (Å²) in [4.78, 5) is 12.9. The zero-order valence-electron chi connectivity index (χ0n) is 19.5. The summed E-state index contributed by atoms with van der Waals surface area (Å²) in [6, 6.07) is 11.4. The van der Waals surface area contributed by atoms with E-state index in [9.17, 15) is 13.2 Å². The van der Waals surface area contributed by atoms with Gasteiger partial charge in [0.05, 0.1) is 24.8 Å². The number of carbonyl (C=O) groups excluding carboxylic acids is 1. The van der Waals surface area contributed by atoms with Crippen LogP contribution in [0.25, 0.3) is 0 Å². The minimum Gasteiger partial charge on any atom is -0.497 e. The number of benzene rings is 2. The van der Waals surface area contributed by atoms with Crippen LogP contribution < -0.4 is 19.1 Å². The molecule has 0 aromatic heterocycles. The zero-order chi connectivity index (χ0) is 23.8. The summed E-state index contributed by atoms with van der Waals surface area (Å²) in [6.45, 7) is 1.98. The second kappa shape index (κ2) is 11.2. The maximum Gasteiger partial charge on any atom is 0.264 e. The highest BCUT2D eigenvalue weighted by Crippen LogP contribution is 2.35. The largest absolute Gasteiger partial charge is 0.497 e. The number of hydrogen-bond acceptors (Lipinski definition) is 5. The third-order valence-electron chi connectivity index (χ3n) is 5.70. The maximum absolute atomic E-state index is 13.6. The lowest BCUT2D eigenvalue weighted by molar-refractivity contribution is -0.119. The predicted molar refractivity (Wildman–Crippen MR) is 129 cm³/mol. The quantitative estimate of drug-likeness (QED) is 0.524. The molecular formula is C25H32N2O5S. The molecule has 0 radical (unpaired) electrons. The van der Waals surface area contributed by atoms with Gasteiger partial charge >= 0.3 is 0 Å². The van der Waals surface area contributed by atoms with E-state index in [2.05, 4.69) is 11.4 Å². The van der Waals surface area contributed by atoms with E-state index in [0.29, 0.717) is 18.0 Å². The van der Waals surface area contributed by atoms with Crippen molar-refractivity contribution < 1.29 is 22.7 Å². The van der Waals surface area contributed by atoms with Crippen LogP contribution in [0.5, 0.6) is 11.5 Å². The Kier molecular flexibility index (Phi) is 8.38. The van der Waals surface area contributed by atoms with E-state index in [1.165, 1.54) is 44.8 Å². The van der Waals surface area contributed by atoms with Crippen molar-refractivity contribution in [2.24, 2.45) is 0 Å². The molecule has 1 aliphatic carbocycles. The second-order valence-corrected chi connectivity index (χ2v) is 9.93. The van der Waals surface area contributed by atoms with Crippen LogP contribution in [-0.2, 0) is 14.8 Å². The van der Waals surface area contributed by atoms with E-state index in [1.54, 1.807) is 30.3 Å². The first-order valence-electron chi connectivity index (χ1n) is 11.1. The van der Waals surface area contributed by atoms with Gasteiger partial charge in [0.2, 0.25) is 5.91 Å². The normalized spacial score (nSPS) is 13.7. The van der Waals surface area contributed by atoms with Gasteiger partial charge in [0.1, 0.15) is 18.0 Å². The number of methoxy groups -OCH3 is 2. The smallest absolute Gasteiger partial charge is 0.264 e. The molecule has 0 saturated carbocycles. The number of ether oxygens (including phenoxy) is 2. The van der Waals surface area contributed by atoms with Gasteiger partial charge in [-0.3, -0.25) is 9.10 Å². The lowest BCUT2D eigenvalue weighted by Crippen LogP contribution is -2.41. The fourth-order valence-corrected chi connectivity index (χ4v) is 5.23. The molecule has 1 aliphatic rings. The zero-order valence-corrected chi connectivity index (χ0v) is 20.3. The lowest BCUT2D eigenvalue weighted by atomic mass is 9.97. The lowest BCUT2D eigenvalue weighted by Gasteiger charge is -2.26. The number of aryl methyl sites for hydroxylation is 1. The molecule has 0 aliphatic heterocycles. The molecule has 1 amide bonds. The Morgan fingerprint density at radius 3 is 2.45 bits per heavy atom. The molecule has 2 aromatic carbocycles. The monoisotopic (exact) mass is 472 g/mol. The van der Waals surface area contributed by atoms with E-state index in [1.807, 2.05) is 6.92 Å². The summed E-state index contributed by atoms with van der Waals surface area (Å²) in [5.41, 5.74) is 2.52. The SMILES string of the molecule is COc1ccc(OC)c(N(CC(=O)NCCC2=CCCCC2)S(=O)(=O)c2ccc(C)cc2)c1. The molecule has 0 atom stereocenters. The van der Waals surface area contributed by atoms with Crippen molar-refractivity contribution in [2.45, 2.75) is 43.9 Å². The minimum atomic E-state index is -4.04. The molecule has 2 aromatic rings. The first kappa shape index (κ1) is 24.6. The average molecular weight is 473 g/mol. The number of anilines is 1. The van der Waals surface area contributed by atoms with Crippen molar-refractivity contribution in [3.05, 3.63) is 59.7 Å². The number of rotatable bonds is 10. The van der Waals surface area contributed by atoms with Crippen molar-refractivity contribution >= 4 is 21.6 Å². The Hall–Kier alpha value is -3.00. The van der Waals surface area contributed by atoms with Gasteiger partial charge in [-0.2, -0.15) is 0 Å². The highest BCUT2D eigenvalue weighted by molar-refractivity contribution is 7.92. The minimum absolute atomic E-state index is 0.0955. The van der Waals surface area contributed by atoms with Crippen molar-refractivity contribution in [1.82, 2.24) is 5.32 Å². The van der Waals surface area contributed by atoms with Crippen LogP contribution in [0.2, 0.25) is 0 Å². The molecule has 0 fully saturated rings. The van der Waals surface area contributed by atoms with E-state index >= 15 is 0 Å². The summed E-state index contributed by atoms with van der Waals surface area (Å²) in [5, 5.41) is 2.87. The van der Waals surface area contributed by atoms with Crippen molar-refractivity contribution in [3.63, 3.8) is 0 Å².